The van der Waals surface area contributed by atoms with Gasteiger partial charge < -0.3 is 0 Å². The fourth-order valence-electron chi connectivity index (χ4n) is 0.730. The van der Waals surface area contributed by atoms with Crippen LogP contribution in [-0.2, 0) is 4.79 Å². The van der Waals surface area contributed by atoms with Crippen molar-refractivity contribution in [3.8, 4) is 0 Å². The Kier molecular flexibility index (Phi) is 4.02. The second-order valence-electron chi connectivity index (χ2n) is 2.25. The third-order valence-corrected chi connectivity index (χ3v) is 1.42. The van der Waals surface area contributed by atoms with E-state index in [1.165, 1.54) is 0 Å². The zero-order valence-electron chi connectivity index (χ0n) is 6.18. The van der Waals surface area contributed by atoms with Gasteiger partial charge in [0.1, 0.15) is 5.78 Å². The first-order chi connectivity index (χ1) is 4.22. The lowest BCUT2D eigenvalue weighted by Gasteiger charge is -2.02. The minimum absolute atomic E-state index is 0.174. The maximum Gasteiger partial charge on any atom is 0.135 e. The fourth-order valence-corrected chi connectivity index (χ4v) is 0.730. The van der Waals surface area contributed by atoms with Crippen LogP contribution in [0.2, 0.25) is 0 Å². The Morgan fingerprint density at radius 3 is 2.67 bits per heavy atom. The lowest BCUT2D eigenvalue weighted by molar-refractivity contribution is -0.121. The molecule has 0 aliphatic rings. The van der Waals surface area contributed by atoms with Gasteiger partial charge in [-0.3, -0.25) is 4.79 Å². The predicted molar refractivity (Wildman–Crippen MR) is 39.3 cm³/mol. The van der Waals surface area contributed by atoms with Gasteiger partial charge in [-0.1, -0.05) is 19.9 Å². The molecule has 0 aliphatic heterocycles. The average Bonchev–Trinajstić information content (AvgIpc) is 1.87. The number of carbonyl (C=O) groups is 1. The SMILES string of the molecule is C=CC[C@H](C)C(=O)CC. The highest BCUT2D eigenvalue weighted by atomic mass is 16.1. The standard InChI is InChI=1S/C8H14O/c1-4-6-7(3)8(9)5-2/h4,7H,1,5-6H2,2-3H3/t7-/m0/s1. The lowest BCUT2D eigenvalue weighted by Crippen LogP contribution is -2.07. The molecule has 0 spiro atoms. The summed E-state index contributed by atoms with van der Waals surface area (Å²) in [5.74, 6) is 0.502. The van der Waals surface area contributed by atoms with Crippen molar-refractivity contribution in [1.82, 2.24) is 0 Å². The van der Waals surface area contributed by atoms with Crippen LogP contribution in [-0.4, -0.2) is 5.78 Å². The highest BCUT2D eigenvalue weighted by Crippen LogP contribution is 2.05. The molecule has 0 unspecified atom stereocenters. The second-order valence-corrected chi connectivity index (χ2v) is 2.25. The van der Waals surface area contributed by atoms with Crippen molar-refractivity contribution in [2.45, 2.75) is 26.7 Å². The van der Waals surface area contributed by atoms with E-state index < -0.39 is 0 Å². The van der Waals surface area contributed by atoms with E-state index in [0.29, 0.717) is 12.2 Å². The van der Waals surface area contributed by atoms with Crippen molar-refractivity contribution < 1.29 is 4.79 Å². The molecule has 1 nitrogen and oxygen atoms in total. The van der Waals surface area contributed by atoms with Gasteiger partial charge in [0.25, 0.3) is 0 Å². The highest BCUT2D eigenvalue weighted by molar-refractivity contribution is 5.80. The minimum atomic E-state index is 0.174. The van der Waals surface area contributed by atoms with Crippen molar-refractivity contribution in [3.63, 3.8) is 0 Å². The Hall–Kier alpha value is -0.590. The van der Waals surface area contributed by atoms with E-state index in [1.54, 1.807) is 6.08 Å². The van der Waals surface area contributed by atoms with Crippen LogP contribution in [0.1, 0.15) is 26.7 Å². The van der Waals surface area contributed by atoms with E-state index in [-0.39, 0.29) is 5.92 Å². The summed E-state index contributed by atoms with van der Waals surface area (Å²) in [6, 6.07) is 0. The lowest BCUT2D eigenvalue weighted by atomic mass is 10.0. The third kappa shape index (κ3) is 3.07. The number of allylic oxidation sites excluding steroid dienone is 1. The summed E-state index contributed by atoms with van der Waals surface area (Å²) in [4.78, 5) is 10.9. The fraction of sp³-hybridized carbons (Fsp3) is 0.625. The molecule has 0 heterocycles. The molecule has 0 rings (SSSR count). The Bertz CT molecular complexity index is 105. The Morgan fingerprint density at radius 1 is 1.78 bits per heavy atom. The molecule has 0 N–H and O–H groups in total. The van der Waals surface area contributed by atoms with Crippen LogP contribution in [0.3, 0.4) is 0 Å². The zero-order chi connectivity index (χ0) is 7.28. The van der Waals surface area contributed by atoms with Crippen LogP contribution in [0.25, 0.3) is 0 Å². The molecule has 0 saturated carbocycles. The molecule has 0 aliphatic carbocycles. The number of hydrogen-bond donors (Lipinski definition) is 0. The summed E-state index contributed by atoms with van der Waals surface area (Å²) in [6.45, 7) is 7.39. The first-order valence-electron chi connectivity index (χ1n) is 3.36. The van der Waals surface area contributed by atoms with Gasteiger partial charge >= 0.3 is 0 Å². The highest BCUT2D eigenvalue weighted by Gasteiger charge is 2.06. The van der Waals surface area contributed by atoms with Crippen LogP contribution in [0.5, 0.6) is 0 Å². The van der Waals surface area contributed by atoms with Crippen molar-refractivity contribution >= 4 is 5.78 Å². The molecule has 0 aromatic heterocycles. The van der Waals surface area contributed by atoms with Crippen molar-refractivity contribution in [3.05, 3.63) is 12.7 Å². The number of Topliss-reactive ketones (excluding diaryl/α,β-unsaturated/α-hetero) is 1. The number of carbonyl (C=O) groups excluding carboxylic acids is 1. The van der Waals surface area contributed by atoms with E-state index in [0.717, 1.165) is 6.42 Å². The van der Waals surface area contributed by atoms with Gasteiger partial charge in [0, 0.05) is 12.3 Å². The molecular formula is C8H14O. The molecule has 1 atom stereocenters. The van der Waals surface area contributed by atoms with Crippen LogP contribution in [0.15, 0.2) is 12.7 Å². The van der Waals surface area contributed by atoms with E-state index in [1.807, 2.05) is 13.8 Å². The molecular weight excluding hydrogens is 112 g/mol. The quantitative estimate of drug-likeness (QED) is 0.528. The van der Waals surface area contributed by atoms with E-state index in [4.69, 9.17) is 0 Å². The summed E-state index contributed by atoms with van der Waals surface area (Å²) in [7, 11) is 0. The molecule has 0 aromatic carbocycles. The Morgan fingerprint density at radius 2 is 2.33 bits per heavy atom. The summed E-state index contributed by atoms with van der Waals surface area (Å²) < 4.78 is 0. The molecule has 0 aromatic rings. The second kappa shape index (κ2) is 4.30. The zero-order valence-corrected chi connectivity index (χ0v) is 6.18. The Labute approximate surface area is 56.8 Å². The summed E-state index contributed by atoms with van der Waals surface area (Å²) in [6.07, 6.45) is 3.25. The molecule has 52 valence electrons. The smallest absolute Gasteiger partial charge is 0.135 e. The van der Waals surface area contributed by atoms with Gasteiger partial charge in [-0.2, -0.15) is 0 Å². The topological polar surface area (TPSA) is 17.1 Å². The van der Waals surface area contributed by atoms with Crippen LogP contribution in [0, 0.1) is 5.92 Å². The number of hydrogen-bond acceptors (Lipinski definition) is 1. The van der Waals surface area contributed by atoms with Crippen LogP contribution in [0.4, 0.5) is 0 Å². The number of ketones is 1. The number of rotatable bonds is 4. The molecule has 1 heteroatoms. The summed E-state index contributed by atoms with van der Waals surface area (Å²) in [5.41, 5.74) is 0. The molecule has 0 amide bonds. The summed E-state index contributed by atoms with van der Waals surface area (Å²) >= 11 is 0. The predicted octanol–water partition coefficient (Wildman–Crippen LogP) is 2.18. The van der Waals surface area contributed by atoms with Gasteiger partial charge in [-0.05, 0) is 6.42 Å². The monoisotopic (exact) mass is 126 g/mol. The first kappa shape index (κ1) is 8.41. The molecule has 0 saturated heterocycles. The Balaban J connectivity index is 3.58. The molecule has 0 bridgehead atoms. The molecule has 0 radical (unpaired) electrons. The van der Waals surface area contributed by atoms with E-state index >= 15 is 0 Å². The minimum Gasteiger partial charge on any atom is -0.299 e. The maximum atomic E-state index is 10.9. The van der Waals surface area contributed by atoms with Crippen LogP contribution >= 0.6 is 0 Å². The molecule has 9 heavy (non-hydrogen) atoms. The van der Waals surface area contributed by atoms with Gasteiger partial charge in [-0.25, -0.2) is 0 Å². The molecule has 0 fully saturated rings. The van der Waals surface area contributed by atoms with Crippen molar-refractivity contribution in [2.75, 3.05) is 0 Å². The largest absolute Gasteiger partial charge is 0.299 e. The van der Waals surface area contributed by atoms with Gasteiger partial charge in [0.05, 0.1) is 0 Å². The third-order valence-electron chi connectivity index (χ3n) is 1.42. The normalized spacial score (nSPS) is 12.7. The van der Waals surface area contributed by atoms with Gasteiger partial charge in [0.15, 0.2) is 0 Å². The first-order valence-corrected chi connectivity index (χ1v) is 3.36. The van der Waals surface area contributed by atoms with Gasteiger partial charge in [0.2, 0.25) is 0 Å². The van der Waals surface area contributed by atoms with E-state index in [9.17, 15) is 4.79 Å². The van der Waals surface area contributed by atoms with E-state index in [2.05, 4.69) is 6.58 Å². The average molecular weight is 126 g/mol. The van der Waals surface area contributed by atoms with Crippen molar-refractivity contribution in [1.29, 1.82) is 0 Å². The van der Waals surface area contributed by atoms with Gasteiger partial charge in [-0.15, -0.1) is 6.58 Å². The van der Waals surface area contributed by atoms with Crippen molar-refractivity contribution in [2.24, 2.45) is 5.92 Å². The maximum absolute atomic E-state index is 10.9. The van der Waals surface area contributed by atoms with Crippen LogP contribution < -0.4 is 0 Å². The summed E-state index contributed by atoms with van der Waals surface area (Å²) in [5, 5.41) is 0.